The van der Waals surface area contributed by atoms with Gasteiger partial charge in [0.15, 0.2) is 8.32 Å². The van der Waals surface area contributed by atoms with Crippen molar-refractivity contribution >= 4 is 47.7 Å². The summed E-state index contributed by atoms with van der Waals surface area (Å²) in [6.45, 7) is 13.6. The Bertz CT molecular complexity index is 1540. The molecule has 0 bridgehead atoms. The molecular weight excluding hydrogens is 547 g/mol. The Morgan fingerprint density at radius 3 is 2.45 bits per heavy atom. The molecule has 0 spiro atoms. The van der Waals surface area contributed by atoms with Crippen LogP contribution in [0.25, 0.3) is 21.9 Å². The molecule has 2 N–H and O–H groups in total. The van der Waals surface area contributed by atoms with Crippen LogP contribution < -0.4 is 10.2 Å². The second-order valence-electron chi connectivity index (χ2n) is 13.1. The molecule has 1 saturated heterocycles. The molecule has 0 atom stereocenters. The van der Waals surface area contributed by atoms with Crippen molar-refractivity contribution in [3.05, 3.63) is 42.7 Å². The van der Waals surface area contributed by atoms with E-state index in [-0.39, 0.29) is 11.1 Å². The summed E-state index contributed by atoms with van der Waals surface area (Å²) in [6.07, 6.45) is 11.7. The maximum absolute atomic E-state index is 14.9. The predicted molar refractivity (Wildman–Crippen MR) is 169 cm³/mol. The second kappa shape index (κ2) is 11.5. The molecule has 4 aromatic rings. The standard InChI is InChI=1S/C31H43FN8OSi/c1-31(2,42(3,4)41)13-7-15-38-16-18-39(19-17-38)23-10-11-26(34-20-23)36-30-35-21-25-24-12-14-33-28(32)27(24)40(29(25)37-30)22-8-5-6-9-22/h10-12,14,20-22,41H,5-9,13,15-19H2,1-4H3,(H,34,35,36,37). The molecule has 11 heteroatoms. The first kappa shape index (κ1) is 28.9. The number of anilines is 3. The number of rotatable bonds is 9. The van der Waals surface area contributed by atoms with Gasteiger partial charge in [0.25, 0.3) is 0 Å². The third-order valence-corrected chi connectivity index (χ3v) is 13.3. The van der Waals surface area contributed by atoms with Gasteiger partial charge in [-0.05, 0) is 68.6 Å². The largest absolute Gasteiger partial charge is 0.432 e. The van der Waals surface area contributed by atoms with Crippen molar-refractivity contribution in [2.24, 2.45) is 0 Å². The van der Waals surface area contributed by atoms with Crippen LogP contribution in [0.3, 0.4) is 0 Å². The number of hydrogen-bond donors (Lipinski definition) is 2. The van der Waals surface area contributed by atoms with Gasteiger partial charge in [0.1, 0.15) is 17.0 Å². The van der Waals surface area contributed by atoms with Crippen LogP contribution in [0.15, 0.2) is 36.8 Å². The molecule has 0 amide bonds. The predicted octanol–water partition coefficient (Wildman–Crippen LogP) is 6.25. The van der Waals surface area contributed by atoms with E-state index < -0.39 is 14.3 Å². The van der Waals surface area contributed by atoms with Gasteiger partial charge in [0, 0.05) is 55.4 Å². The molecule has 5 heterocycles. The van der Waals surface area contributed by atoms with E-state index in [2.05, 4.69) is 50.0 Å². The summed E-state index contributed by atoms with van der Waals surface area (Å²) < 4.78 is 17.0. The van der Waals surface area contributed by atoms with Crippen LogP contribution in [-0.4, -0.2) is 75.2 Å². The third-order valence-electron chi connectivity index (χ3n) is 9.75. The smallest absolute Gasteiger partial charge is 0.237 e. The summed E-state index contributed by atoms with van der Waals surface area (Å²) in [4.78, 5) is 33.5. The average molecular weight is 591 g/mol. The van der Waals surface area contributed by atoms with Gasteiger partial charge in [-0.3, -0.25) is 4.90 Å². The van der Waals surface area contributed by atoms with E-state index in [0.717, 1.165) is 93.4 Å². The van der Waals surface area contributed by atoms with E-state index in [1.807, 2.05) is 36.0 Å². The highest BCUT2D eigenvalue weighted by Gasteiger charge is 2.37. The molecule has 1 aliphatic carbocycles. The number of nitrogens with zero attached hydrogens (tertiary/aromatic N) is 7. The van der Waals surface area contributed by atoms with E-state index >= 15 is 0 Å². The number of aromatic nitrogens is 5. The van der Waals surface area contributed by atoms with Crippen molar-refractivity contribution in [2.45, 2.75) is 76.5 Å². The topological polar surface area (TPSA) is 95.2 Å². The van der Waals surface area contributed by atoms with Crippen LogP contribution in [0.2, 0.25) is 18.1 Å². The lowest BCUT2D eigenvalue weighted by atomic mass is 10.1. The first-order chi connectivity index (χ1) is 20.1. The van der Waals surface area contributed by atoms with Crippen LogP contribution in [0, 0.1) is 5.95 Å². The van der Waals surface area contributed by atoms with Gasteiger partial charge in [-0.2, -0.15) is 9.37 Å². The second-order valence-corrected chi connectivity index (χ2v) is 17.6. The molecule has 0 radical (unpaired) electrons. The lowest BCUT2D eigenvalue weighted by molar-refractivity contribution is 0.247. The Balaban J connectivity index is 1.10. The Morgan fingerprint density at radius 2 is 1.76 bits per heavy atom. The van der Waals surface area contributed by atoms with Crippen LogP contribution in [0.1, 0.15) is 58.4 Å². The van der Waals surface area contributed by atoms with Gasteiger partial charge in [0.2, 0.25) is 11.9 Å². The summed E-state index contributed by atoms with van der Waals surface area (Å²) in [6, 6.07) is 6.12. The van der Waals surface area contributed by atoms with Crippen molar-refractivity contribution in [3.8, 4) is 0 Å². The third kappa shape index (κ3) is 5.74. The first-order valence-corrected chi connectivity index (χ1v) is 18.3. The molecule has 42 heavy (non-hydrogen) atoms. The van der Waals surface area contributed by atoms with Gasteiger partial charge in [-0.1, -0.05) is 26.7 Å². The maximum Gasteiger partial charge on any atom is 0.237 e. The molecule has 9 nitrogen and oxygen atoms in total. The van der Waals surface area contributed by atoms with Gasteiger partial charge in [-0.25, -0.2) is 15.0 Å². The lowest BCUT2D eigenvalue weighted by Crippen LogP contribution is -2.47. The fourth-order valence-electron chi connectivity index (χ4n) is 6.35. The van der Waals surface area contributed by atoms with Gasteiger partial charge >= 0.3 is 0 Å². The zero-order valence-electron chi connectivity index (χ0n) is 25.3. The first-order valence-electron chi connectivity index (χ1n) is 15.3. The van der Waals surface area contributed by atoms with Crippen LogP contribution in [0.5, 0.6) is 0 Å². The van der Waals surface area contributed by atoms with E-state index in [1.165, 1.54) is 6.20 Å². The monoisotopic (exact) mass is 590 g/mol. The molecular formula is C31H43FN8OSi. The Labute approximate surface area is 248 Å². The minimum Gasteiger partial charge on any atom is -0.432 e. The van der Waals surface area contributed by atoms with E-state index in [4.69, 9.17) is 4.98 Å². The highest BCUT2D eigenvalue weighted by Crippen LogP contribution is 2.40. The number of halogens is 1. The van der Waals surface area contributed by atoms with Crippen molar-refractivity contribution in [3.63, 3.8) is 0 Å². The quantitative estimate of drug-likeness (QED) is 0.174. The summed E-state index contributed by atoms with van der Waals surface area (Å²) in [7, 11) is -2.15. The molecule has 2 aliphatic rings. The van der Waals surface area contributed by atoms with E-state index in [1.54, 1.807) is 6.20 Å². The fraction of sp³-hybridized carbons (Fsp3) is 0.548. The SMILES string of the molecule is CC(C)(CCCN1CCN(c2ccc(Nc3ncc4c5ccnc(F)c5n(C5CCCC5)c4n3)nc2)CC1)[Si](C)(C)O. The zero-order valence-corrected chi connectivity index (χ0v) is 26.3. The zero-order chi connectivity index (χ0) is 29.5. The number of pyridine rings is 2. The van der Waals surface area contributed by atoms with E-state index in [9.17, 15) is 9.19 Å². The highest BCUT2D eigenvalue weighted by molar-refractivity contribution is 6.72. The summed E-state index contributed by atoms with van der Waals surface area (Å²) in [5, 5.41) is 4.94. The average Bonchev–Trinajstić information content (AvgIpc) is 3.60. The van der Waals surface area contributed by atoms with Gasteiger partial charge < -0.3 is 19.6 Å². The minimum atomic E-state index is -2.15. The van der Waals surface area contributed by atoms with Crippen LogP contribution in [0.4, 0.5) is 21.8 Å². The molecule has 4 aromatic heterocycles. The number of piperazine rings is 1. The van der Waals surface area contributed by atoms with Crippen LogP contribution >= 0.6 is 0 Å². The van der Waals surface area contributed by atoms with Gasteiger partial charge in [-0.15, -0.1) is 0 Å². The molecule has 2 fully saturated rings. The Morgan fingerprint density at radius 1 is 1.00 bits per heavy atom. The highest BCUT2D eigenvalue weighted by atomic mass is 28.4. The van der Waals surface area contributed by atoms with Crippen molar-refractivity contribution < 1.29 is 9.19 Å². The normalized spacial score (nSPS) is 17.5. The van der Waals surface area contributed by atoms with Crippen molar-refractivity contribution in [1.82, 2.24) is 29.4 Å². The summed E-state index contributed by atoms with van der Waals surface area (Å²) in [5.74, 6) is 0.662. The molecule has 1 aliphatic heterocycles. The molecule has 224 valence electrons. The Hall–Kier alpha value is -3.15. The Kier molecular flexibility index (Phi) is 7.92. The van der Waals surface area contributed by atoms with Crippen molar-refractivity contribution in [1.29, 1.82) is 0 Å². The number of fused-ring (bicyclic) bond motifs is 3. The summed E-state index contributed by atoms with van der Waals surface area (Å²) in [5.41, 5.74) is 2.37. The fourth-order valence-corrected chi connectivity index (χ4v) is 7.14. The molecule has 0 unspecified atom stereocenters. The van der Waals surface area contributed by atoms with Crippen LogP contribution in [-0.2, 0) is 0 Å². The lowest BCUT2D eigenvalue weighted by Gasteiger charge is -2.38. The molecule has 1 saturated carbocycles. The van der Waals surface area contributed by atoms with Crippen molar-refractivity contribution in [2.75, 3.05) is 42.9 Å². The summed E-state index contributed by atoms with van der Waals surface area (Å²) >= 11 is 0. The minimum absolute atomic E-state index is 0.0385. The maximum atomic E-state index is 14.9. The number of nitrogens with one attached hydrogen (secondary N) is 1. The molecule has 0 aromatic carbocycles. The van der Waals surface area contributed by atoms with E-state index in [0.29, 0.717) is 17.3 Å². The number of hydrogen-bond acceptors (Lipinski definition) is 8. The molecule has 6 rings (SSSR count). The van der Waals surface area contributed by atoms with Gasteiger partial charge in [0.05, 0.1) is 11.9 Å².